The van der Waals surface area contributed by atoms with Crippen molar-refractivity contribution in [2.75, 3.05) is 13.2 Å². The Balaban J connectivity index is 1.63. The van der Waals surface area contributed by atoms with E-state index in [1.165, 1.54) is 18.2 Å². The Morgan fingerprint density at radius 1 is 1.25 bits per heavy atom. The molecule has 2 unspecified atom stereocenters. The number of hydrogen-bond acceptors (Lipinski definition) is 5. The molecule has 0 aliphatic carbocycles. The molecular formula is C23H19Cl2F4N3O4. The van der Waals surface area contributed by atoms with Gasteiger partial charge in [-0.15, -0.1) is 0 Å². The molecule has 1 saturated heterocycles. The summed E-state index contributed by atoms with van der Waals surface area (Å²) in [6, 6.07) is 5.07. The Labute approximate surface area is 212 Å². The molecule has 0 aromatic heterocycles. The number of carbonyl (C=O) groups excluding carboxylic acids is 2. The van der Waals surface area contributed by atoms with Crippen molar-refractivity contribution in [3.8, 4) is 0 Å². The molecule has 4 rings (SSSR count). The lowest BCUT2D eigenvalue weighted by molar-refractivity contribution is -0.269. The summed E-state index contributed by atoms with van der Waals surface area (Å²) in [5, 5.41) is 2.56. The third-order valence-electron chi connectivity index (χ3n) is 5.82. The Morgan fingerprint density at radius 3 is 2.47 bits per heavy atom. The number of halogens is 6. The zero-order chi connectivity index (χ0) is 26.4. The first kappa shape index (κ1) is 26.2. The summed E-state index contributed by atoms with van der Waals surface area (Å²) < 4.78 is 56.4. The number of nitrogens with zero attached hydrogens (tertiary/aromatic N) is 1. The van der Waals surface area contributed by atoms with E-state index in [4.69, 9.17) is 32.9 Å². The van der Waals surface area contributed by atoms with Crippen molar-refractivity contribution in [3.63, 3.8) is 0 Å². The number of hydrogen-bond donors (Lipinski definition) is 2. The number of alkyl halides is 3. The highest BCUT2D eigenvalue weighted by Crippen LogP contribution is 2.48. The minimum Gasteiger partial charge on any atom is -0.338 e. The largest absolute Gasteiger partial charge is 0.428 e. The number of carbonyl (C=O) groups is 2. The number of likely N-dealkylation sites (N-methyl/N-ethyl adjacent to an activating group) is 1. The highest BCUT2D eigenvalue weighted by Gasteiger charge is 2.60. The summed E-state index contributed by atoms with van der Waals surface area (Å²) in [7, 11) is 0. The average molecular weight is 548 g/mol. The van der Waals surface area contributed by atoms with Gasteiger partial charge in [-0.25, -0.2) is 9.45 Å². The second kappa shape index (κ2) is 9.55. The van der Waals surface area contributed by atoms with Crippen molar-refractivity contribution in [3.05, 3.63) is 74.5 Å². The van der Waals surface area contributed by atoms with Crippen molar-refractivity contribution < 1.29 is 36.8 Å². The highest BCUT2D eigenvalue weighted by atomic mass is 35.5. The number of amides is 2. The van der Waals surface area contributed by atoms with Crippen LogP contribution in [-0.4, -0.2) is 42.2 Å². The SMILES string of the molecule is CCN1OCC(NC(=O)c2ccc(C3=CC(c4cc(Cl)c(F)c(Cl)c4)(C(F)(F)F)ON3)cc2C)C1=O. The number of aryl methyl sites for hydroxylation is 1. The van der Waals surface area contributed by atoms with Gasteiger partial charge < -0.3 is 5.32 Å². The zero-order valence-electron chi connectivity index (χ0n) is 18.8. The molecule has 0 spiro atoms. The van der Waals surface area contributed by atoms with Gasteiger partial charge in [0.2, 0.25) is 5.60 Å². The van der Waals surface area contributed by atoms with E-state index >= 15 is 0 Å². The summed E-state index contributed by atoms with van der Waals surface area (Å²) in [6.07, 6.45) is -4.18. The fraction of sp³-hybridized carbons (Fsp3) is 0.304. The maximum absolute atomic E-state index is 14.2. The first-order chi connectivity index (χ1) is 16.9. The Hall–Kier alpha value is -2.86. The smallest absolute Gasteiger partial charge is 0.338 e. The standard InChI is InChI=1S/C23H19Cl2F4N3O4/c1-3-32-21(34)18(10-35-32)30-20(33)14-5-4-12(6-11(14)2)17-9-22(36-31-17,23(27,28)29)13-7-15(24)19(26)16(25)8-13/h4-9,18,31H,3,10H2,1-2H3,(H,30,33). The van der Waals surface area contributed by atoms with E-state index < -0.39 is 45.2 Å². The van der Waals surface area contributed by atoms with Gasteiger partial charge in [-0.2, -0.15) is 13.2 Å². The molecule has 0 bridgehead atoms. The van der Waals surface area contributed by atoms with Crippen LogP contribution in [0.15, 0.2) is 36.4 Å². The van der Waals surface area contributed by atoms with Crippen molar-refractivity contribution in [1.82, 2.24) is 15.9 Å². The van der Waals surface area contributed by atoms with Gasteiger partial charge in [0.1, 0.15) is 12.6 Å². The van der Waals surface area contributed by atoms with Crippen LogP contribution in [0, 0.1) is 12.7 Å². The number of rotatable bonds is 5. The third-order valence-corrected chi connectivity index (χ3v) is 6.37. The van der Waals surface area contributed by atoms with Gasteiger partial charge in [0.15, 0.2) is 5.82 Å². The minimum atomic E-state index is -4.97. The summed E-state index contributed by atoms with van der Waals surface area (Å²) in [4.78, 5) is 35.1. The zero-order valence-corrected chi connectivity index (χ0v) is 20.3. The predicted octanol–water partition coefficient (Wildman–Crippen LogP) is 4.67. The van der Waals surface area contributed by atoms with E-state index in [0.717, 1.165) is 23.3 Å². The van der Waals surface area contributed by atoms with E-state index in [-0.39, 0.29) is 29.3 Å². The molecule has 192 valence electrons. The first-order valence-corrected chi connectivity index (χ1v) is 11.4. The second-order valence-electron chi connectivity index (χ2n) is 8.13. The lowest BCUT2D eigenvalue weighted by Gasteiger charge is -2.28. The maximum atomic E-state index is 14.2. The van der Waals surface area contributed by atoms with Crippen LogP contribution >= 0.6 is 23.2 Å². The van der Waals surface area contributed by atoms with Crippen LogP contribution in [0.1, 0.15) is 34.0 Å². The average Bonchev–Trinajstić information content (AvgIpc) is 3.42. The van der Waals surface area contributed by atoms with Crippen molar-refractivity contribution in [1.29, 1.82) is 0 Å². The molecule has 2 aliphatic heterocycles. The minimum absolute atomic E-state index is 0.000628. The van der Waals surface area contributed by atoms with Crippen LogP contribution in [-0.2, 0) is 20.1 Å². The van der Waals surface area contributed by atoms with Crippen molar-refractivity contribution >= 4 is 40.7 Å². The molecular weight excluding hydrogens is 529 g/mol. The molecule has 2 aliphatic rings. The fourth-order valence-corrected chi connectivity index (χ4v) is 4.39. The quantitative estimate of drug-likeness (QED) is 0.420. The molecule has 7 nitrogen and oxygen atoms in total. The van der Waals surface area contributed by atoms with Crippen LogP contribution in [0.25, 0.3) is 5.70 Å². The van der Waals surface area contributed by atoms with Gasteiger partial charge in [-0.1, -0.05) is 29.3 Å². The number of hydroxylamine groups is 3. The molecule has 2 aromatic carbocycles. The number of benzene rings is 2. The molecule has 2 heterocycles. The van der Waals surface area contributed by atoms with Gasteiger partial charge in [0.25, 0.3) is 11.8 Å². The Morgan fingerprint density at radius 2 is 1.92 bits per heavy atom. The highest BCUT2D eigenvalue weighted by molar-refractivity contribution is 6.35. The topological polar surface area (TPSA) is 79.9 Å². The summed E-state index contributed by atoms with van der Waals surface area (Å²) >= 11 is 11.4. The van der Waals surface area contributed by atoms with Crippen LogP contribution in [0.5, 0.6) is 0 Å². The van der Waals surface area contributed by atoms with Crippen molar-refractivity contribution in [2.24, 2.45) is 0 Å². The normalized spacial score (nSPS) is 22.0. The van der Waals surface area contributed by atoms with E-state index in [2.05, 4.69) is 10.8 Å². The summed E-state index contributed by atoms with van der Waals surface area (Å²) in [5.41, 5.74) is -0.357. The van der Waals surface area contributed by atoms with Gasteiger partial charge in [-0.3, -0.25) is 24.7 Å². The maximum Gasteiger partial charge on any atom is 0.428 e. The van der Waals surface area contributed by atoms with Gasteiger partial charge in [0.05, 0.1) is 15.7 Å². The lowest BCUT2D eigenvalue weighted by atomic mass is 9.91. The number of nitrogens with one attached hydrogen (secondary N) is 2. The summed E-state index contributed by atoms with van der Waals surface area (Å²) in [5.74, 6) is -1.96. The predicted molar refractivity (Wildman–Crippen MR) is 122 cm³/mol. The molecule has 2 aromatic rings. The van der Waals surface area contributed by atoms with Crippen LogP contribution in [0.3, 0.4) is 0 Å². The molecule has 0 radical (unpaired) electrons. The molecule has 2 atom stereocenters. The summed E-state index contributed by atoms with van der Waals surface area (Å²) in [6.45, 7) is 3.66. The molecule has 0 saturated carbocycles. The van der Waals surface area contributed by atoms with Crippen molar-refractivity contribution in [2.45, 2.75) is 31.7 Å². The van der Waals surface area contributed by atoms with E-state index in [0.29, 0.717) is 12.1 Å². The molecule has 2 amide bonds. The van der Waals surface area contributed by atoms with Gasteiger partial charge >= 0.3 is 6.18 Å². The molecule has 13 heteroatoms. The Bertz CT molecular complexity index is 1250. The van der Waals surface area contributed by atoms with Gasteiger partial charge in [0, 0.05) is 17.7 Å². The monoisotopic (exact) mass is 547 g/mol. The Kier molecular flexibility index (Phi) is 6.95. The van der Waals surface area contributed by atoms with E-state index in [1.54, 1.807) is 13.8 Å². The van der Waals surface area contributed by atoms with E-state index in [1.807, 2.05) is 0 Å². The lowest BCUT2D eigenvalue weighted by Crippen LogP contribution is -2.42. The molecule has 2 N–H and O–H groups in total. The van der Waals surface area contributed by atoms with Gasteiger partial charge in [-0.05, 0) is 55.3 Å². The molecule has 1 fully saturated rings. The van der Waals surface area contributed by atoms with Crippen LogP contribution in [0.4, 0.5) is 17.6 Å². The second-order valence-corrected chi connectivity index (χ2v) is 8.95. The first-order valence-electron chi connectivity index (χ1n) is 10.6. The van der Waals surface area contributed by atoms with E-state index in [9.17, 15) is 27.2 Å². The molecule has 36 heavy (non-hydrogen) atoms. The fourth-order valence-electron chi connectivity index (χ4n) is 3.90. The van der Waals surface area contributed by atoms with Crippen LogP contribution < -0.4 is 10.8 Å². The van der Waals surface area contributed by atoms with Crippen LogP contribution in [0.2, 0.25) is 10.0 Å². The third kappa shape index (κ3) is 4.52.